The van der Waals surface area contributed by atoms with E-state index in [-0.39, 0.29) is 0 Å². The fourth-order valence-corrected chi connectivity index (χ4v) is 4.25. The third-order valence-electron chi connectivity index (χ3n) is 5.62. The van der Waals surface area contributed by atoms with E-state index in [0.717, 1.165) is 16.7 Å². The minimum atomic E-state index is -0.531. The molecule has 35 heavy (non-hydrogen) atoms. The second kappa shape index (κ2) is 11.1. The van der Waals surface area contributed by atoms with Crippen LogP contribution in [-0.4, -0.2) is 24.8 Å². The predicted octanol–water partition coefficient (Wildman–Crippen LogP) is 5.08. The van der Waals surface area contributed by atoms with Crippen molar-refractivity contribution in [2.45, 2.75) is 26.5 Å². The molecular weight excluding hydrogens is 460 g/mol. The first-order valence-electron chi connectivity index (χ1n) is 11.4. The van der Waals surface area contributed by atoms with E-state index in [2.05, 4.69) is 29.7 Å². The monoisotopic (exact) mass is 488 g/mol. The molecule has 1 aliphatic heterocycles. The van der Waals surface area contributed by atoms with E-state index in [4.69, 9.17) is 26.4 Å². The van der Waals surface area contributed by atoms with Gasteiger partial charge in [-0.3, -0.25) is 0 Å². The summed E-state index contributed by atoms with van der Waals surface area (Å²) < 4.78 is 17.2. The molecule has 1 atom stereocenters. The largest absolute Gasteiger partial charge is 0.490 e. The van der Waals surface area contributed by atoms with Crippen LogP contribution >= 0.6 is 12.2 Å². The fourth-order valence-electron chi connectivity index (χ4n) is 4.03. The van der Waals surface area contributed by atoms with Crippen molar-refractivity contribution in [3.05, 3.63) is 101 Å². The van der Waals surface area contributed by atoms with Gasteiger partial charge in [-0.25, -0.2) is 4.79 Å². The Morgan fingerprint density at radius 2 is 1.77 bits per heavy atom. The number of rotatable bonds is 8. The molecule has 3 aromatic rings. The minimum Gasteiger partial charge on any atom is -0.490 e. The normalized spacial score (nSPS) is 15.2. The van der Waals surface area contributed by atoms with Crippen LogP contribution in [-0.2, 0) is 16.1 Å². The van der Waals surface area contributed by atoms with Crippen LogP contribution in [0.2, 0.25) is 0 Å². The smallest absolute Gasteiger partial charge is 0.338 e. The van der Waals surface area contributed by atoms with Crippen LogP contribution in [0.25, 0.3) is 5.70 Å². The number of nitrogens with one attached hydrogen (secondary N) is 2. The highest BCUT2D eigenvalue weighted by molar-refractivity contribution is 7.80. The summed E-state index contributed by atoms with van der Waals surface area (Å²) in [5.74, 6) is 0.768. The highest BCUT2D eigenvalue weighted by atomic mass is 32.1. The van der Waals surface area contributed by atoms with Gasteiger partial charge >= 0.3 is 5.97 Å². The van der Waals surface area contributed by atoms with Crippen LogP contribution < -0.4 is 20.1 Å². The molecule has 1 heterocycles. The second-order valence-corrected chi connectivity index (χ2v) is 8.50. The summed E-state index contributed by atoms with van der Waals surface area (Å²) in [6, 6.07) is 22.9. The van der Waals surface area contributed by atoms with Gasteiger partial charge in [-0.2, -0.15) is 0 Å². The molecule has 180 valence electrons. The Morgan fingerprint density at radius 3 is 2.49 bits per heavy atom. The van der Waals surface area contributed by atoms with Gasteiger partial charge in [0.2, 0.25) is 0 Å². The van der Waals surface area contributed by atoms with E-state index in [1.54, 1.807) is 0 Å². The maximum Gasteiger partial charge on any atom is 0.338 e. The average molecular weight is 489 g/mol. The molecule has 0 radical (unpaired) electrons. The van der Waals surface area contributed by atoms with E-state index in [1.807, 2.05) is 67.6 Å². The van der Waals surface area contributed by atoms with Crippen molar-refractivity contribution in [1.29, 1.82) is 0 Å². The van der Waals surface area contributed by atoms with E-state index < -0.39 is 12.0 Å². The number of aryl methyl sites for hydroxylation is 1. The lowest BCUT2D eigenvalue weighted by atomic mass is 9.92. The van der Waals surface area contributed by atoms with Gasteiger partial charge in [0.05, 0.1) is 31.0 Å². The number of benzene rings is 3. The zero-order valence-corrected chi connectivity index (χ0v) is 20.8. The van der Waals surface area contributed by atoms with Crippen molar-refractivity contribution in [3.63, 3.8) is 0 Å². The maximum absolute atomic E-state index is 12.9. The van der Waals surface area contributed by atoms with Crippen molar-refractivity contribution >= 4 is 29.0 Å². The van der Waals surface area contributed by atoms with Crippen LogP contribution in [0.1, 0.15) is 35.2 Å². The van der Waals surface area contributed by atoms with Gasteiger partial charge in [-0.05, 0) is 54.9 Å². The van der Waals surface area contributed by atoms with Gasteiger partial charge in [-0.15, -0.1) is 0 Å². The standard InChI is InChI=1S/C28H28N2O4S/c1-4-33-23-16-21(13-14-22(23)34-17-19-10-8-9-18(2)15-19)26-24(27(31)32-3)25(29-28(35)30-26)20-11-6-5-7-12-20/h5-16,26H,4,17H2,1-3H3,(H2,29,30,35)/t26-/m0/s1. The van der Waals surface area contributed by atoms with Gasteiger partial charge in [0.25, 0.3) is 0 Å². The molecule has 3 aromatic carbocycles. The molecule has 0 aliphatic carbocycles. The van der Waals surface area contributed by atoms with Crippen LogP contribution in [0.15, 0.2) is 78.4 Å². The number of thiocarbonyl (C=S) groups is 1. The zero-order chi connectivity index (χ0) is 24.8. The number of carbonyl (C=O) groups excluding carboxylic acids is 1. The SMILES string of the molecule is CCOc1cc([C@@H]2NC(=S)NC(c3ccccc3)=C2C(=O)OC)ccc1OCc1cccc(C)c1. The van der Waals surface area contributed by atoms with Crippen molar-refractivity contribution in [3.8, 4) is 11.5 Å². The summed E-state index contributed by atoms with van der Waals surface area (Å²) in [7, 11) is 1.37. The molecule has 0 aromatic heterocycles. The van der Waals surface area contributed by atoms with Gasteiger partial charge in [-0.1, -0.05) is 66.2 Å². The Bertz CT molecular complexity index is 1260. The third kappa shape index (κ3) is 5.63. The molecule has 0 spiro atoms. The first-order chi connectivity index (χ1) is 17.0. The molecule has 0 unspecified atom stereocenters. The van der Waals surface area contributed by atoms with E-state index in [0.29, 0.717) is 41.1 Å². The summed E-state index contributed by atoms with van der Waals surface area (Å²) in [5, 5.41) is 6.77. The van der Waals surface area contributed by atoms with Crippen LogP contribution in [0.4, 0.5) is 0 Å². The van der Waals surface area contributed by atoms with Crippen LogP contribution in [0.5, 0.6) is 11.5 Å². The Labute approximate surface area is 210 Å². The van der Waals surface area contributed by atoms with E-state index >= 15 is 0 Å². The van der Waals surface area contributed by atoms with Crippen molar-refractivity contribution in [2.24, 2.45) is 0 Å². The summed E-state index contributed by atoms with van der Waals surface area (Å²) in [6.07, 6.45) is 0. The molecule has 1 aliphatic rings. The molecule has 0 fully saturated rings. The molecule has 6 nitrogen and oxygen atoms in total. The summed E-state index contributed by atoms with van der Waals surface area (Å²) >= 11 is 5.49. The number of carbonyl (C=O) groups is 1. The Morgan fingerprint density at radius 1 is 0.971 bits per heavy atom. The molecule has 7 heteroatoms. The molecule has 0 amide bonds. The molecule has 0 saturated carbocycles. The van der Waals surface area contributed by atoms with E-state index in [1.165, 1.54) is 12.7 Å². The molecule has 4 rings (SSSR count). The van der Waals surface area contributed by atoms with Crippen LogP contribution in [0.3, 0.4) is 0 Å². The first kappa shape index (κ1) is 24.3. The highest BCUT2D eigenvalue weighted by Crippen LogP contribution is 2.37. The van der Waals surface area contributed by atoms with Crippen molar-refractivity contribution in [2.75, 3.05) is 13.7 Å². The lowest BCUT2D eigenvalue weighted by Crippen LogP contribution is -2.45. The van der Waals surface area contributed by atoms with E-state index in [9.17, 15) is 4.79 Å². The fraction of sp³-hybridized carbons (Fsp3) is 0.214. The molecule has 2 N–H and O–H groups in total. The number of hydrogen-bond donors (Lipinski definition) is 2. The second-order valence-electron chi connectivity index (χ2n) is 8.09. The molecular formula is C28H28N2O4S. The first-order valence-corrected chi connectivity index (χ1v) is 11.8. The quantitative estimate of drug-likeness (QED) is 0.339. The molecule has 0 saturated heterocycles. The summed E-state index contributed by atoms with van der Waals surface area (Å²) in [4.78, 5) is 12.9. The Kier molecular flexibility index (Phi) is 7.67. The van der Waals surface area contributed by atoms with Gasteiger partial charge in [0.15, 0.2) is 16.6 Å². The number of hydrogen-bond acceptors (Lipinski definition) is 5. The van der Waals surface area contributed by atoms with Gasteiger partial charge in [0.1, 0.15) is 6.61 Å². The summed E-state index contributed by atoms with van der Waals surface area (Å²) in [5.41, 5.74) is 4.94. The third-order valence-corrected chi connectivity index (χ3v) is 5.84. The predicted molar refractivity (Wildman–Crippen MR) is 140 cm³/mol. The minimum absolute atomic E-state index is 0.416. The van der Waals surface area contributed by atoms with Crippen molar-refractivity contribution < 1.29 is 19.0 Å². The number of methoxy groups -OCH3 is 1. The lowest BCUT2D eigenvalue weighted by Gasteiger charge is -2.31. The topological polar surface area (TPSA) is 68.8 Å². The average Bonchev–Trinajstić information content (AvgIpc) is 2.87. The highest BCUT2D eigenvalue weighted by Gasteiger charge is 2.33. The summed E-state index contributed by atoms with van der Waals surface area (Å²) in [6.45, 7) is 4.86. The van der Waals surface area contributed by atoms with Gasteiger partial charge < -0.3 is 24.8 Å². The lowest BCUT2D eigenvalue weighted by molar-refractivity contribution is -0.136. The van der Waals surface area contributed by atoms with Gasteiger partial charge in [0, 0.05) is 0 Å². The number of esters is 1. The Hall–Kier alpha value is -3.84. The molecule has 0 bridgehead atoms. The maximum atomic E-state index is 12.9. The zero-order valence-electron chi connectivity index (χ0n) is 20.0. The number of ether oxygens (including phenoxy) is 3. The van der Waals surface area contributed by atoms with Crippen LogP contribution in [0, 0.1) is 6.92 Å². The Balaban J connectivity index is 1.71. The van der Waals surface area contributed by atoms with Crippen molar-refractivity contribution in [1.82, 2.24) is 10.6 Å².